The third kappa shape index (κ3) is 4.71. The Morgan fingerprint density at radius 3 is 2.25 bits per heavy atom. The molecule has 3 aliphatic rings. The van der Waals surface area contributed by atoms with Crippen LogP contribution in [0.2, 0.25) is 0 Å². The van der Waals surface area contributed by atoms with E-state index in [1.54, 1.807) is 14.2 Å². The van der Waals surface area contributed by atoms with Crippen molar-refractivity contribution in [3.05, 3.63) is 95.6 Å². The fourth-order valence-electron chi connectivity index (χ4n) is 6.28. The predicted octanol–water partition coefficient (Wildman–Crippen LogP) is 4.40. The Morgan fingerprint density at radius 1 is 1.00 bits per heavy atom. The number of methoxy groups -OCH3 is 2. The summed E-state index contributed by atoms with van der Waals surface area (Å²) in [6.45, 7) is 2.06. The Labute approximate surface area is 212 Å². The molecule has 3 heterocycles. The largest absolute Gasteiger partial charge is 0.497 e. The summed E-state index contributed by atoms with van der Waals surface area (Å²) in [5.41, 5.74) is 3.49. The minimum absolute atomic E-state index is 0.00470. The summed E-state index contributed by atoms with van der Waals surface area (Å²) in [6, 6.07) is 27.1. The molecule has 6 rings (SSSR count). The SMILES string of the molecule is COc1ccc(OC)c(CN[C@H]2[C@H]3CCN(C[C@@H]3C(=O)O)[C@H]2C(c2ccccc2)c2ccccc2)c1. The van der Waals surface area contributed by atoms with Gasteiger partial charge in [-0.3, -0.25) is 9.69 Å². The summed E-state index contributed by atoms with van der Waals surface area (Å²) in [5, 5.41) is 13.9. The van der Waals surface area contributed by atoms with Crippen LogP contribution in [-0.2, 0) is 11.3 Å². The molecule has 3 aromatic carbocycles. The number of nitrogens with zero attached hydrogens (tertiary/aromatic N) is 1. The number of piperidine rings is 3. The van der Waals surface area contributed by atoms with Crippen LogP contribution in [0.1, 0.15) is 29.0 Å². The molecule has 3 aliphatic heterocycles. The van der Waals surface area contributed by atoms with Gasteiger partial charge in [0.2, 0.25) is 0 Å². The first-order chi connectivity index (χ1) is 17.6. The van der Waals surface area contributed by atoms with Gasteiger partial charge in [-0.25, -0.2) is 0 Å². The number of carbonyl (C=O) groups is 1. The highest BCUT2D eigenvalue weighted by Gasteiger charge is 2.52. The summed E-state index contributed by atoms with van der Waals surface area (Å²) in [6.07, 6.45) is 0.872. The van der Waals surface area contributed by atoms with Crippen LogP contribution in [0, 0.1) is 11.8 Å². The highest BCUT2D eigenvalue weighted by atomic mass is 16.5. The Balaban J connectivity index is 1.54. The van der Waals surface area contributed by atoms with Gasteiger partial charge in [-0.05, 0) is 48.2 Å². The highest BCUT2D eigenvalue weighted by molar-refractivity contribution is 5.71. The predicted molar refractivity (Wildman–Crippen MR) is 139 cm³/mol. The van der Waals surface area contributed by atoms with E-state index in [9.17, 15) is 9.90 Å². The number of aliphatic carboxylic acids is 1. The van der Waals surface area contributed by atoms with E-state index in [4.69, 9.17) is 9.47 Å². The van der Waals surface area contributed by atoms with E-state index < -0.39 is 5.97 Å². The summed E-state index contributed by atoms with van der Waals surface area (Å²) < 4.78 is 11.1. The summed E-state index contributed by atoms with van der Waals surface area (Å²) >= 11 is 0. The second-order valence-corrected chi connectivity index (χ2v) is 9.77. The first-order valence-corrected chi connectivity index (χ1v) is 12.6. The minimum atomic E-state index is -0.704. The normalized spacial score (nSPS) is 25.0. The van der Waals surface area contributed by atoms with Gasteiger partial charge in [0.05, 0.1) is 20.1 Å². The summed E-state index contributed by atoms with van der Waals surface area (Å²) in [7, 11) is 3.33. The van der Waals surface area contributed by atoms with Gasteiger partial charge in [-0.1, -0.05) is 60.7 Å². The fraction of sp³-hybridized carbons (Fsp3) is 0.367. The smallest absolute Gasteiger partial charge is 0.308 e. The first kappa shape index (κ1) is 24.3. The Kier molecular flexibility index (Phi) is 7.25. The third-order valence-electron chi connectivity index (χ3n) is 7.94. The van der Waals surface area contributed by atoms with E-state index in [0.717, 1.165) is 30.0 Å². The molecule has 188 valence electrons. The summed E-state index contributed by atoms with van der Waals surface area (Å²) in [4.78, 5) is 14.7. The van der Waals surface area contributed by atoms with Crippen LogP contribution in [0.15, 0.2) is 78.9 Å². The van der Waals surface area contributed by atoms with Gasteiger partial charge in [0.15, 0.2) is 0 Å². The number of fused-ring (bicyclic) bond motifs is 3. The number of nitrogens with one attached hydrogen (secondary N) is 1. The zero-order valence-electron chi connectivity index (χ0n) is 20.8. The monoisotopic (exact) mass is 486 g/mol. The van der Waals surface area contributed by atoms with E-state index in [2.05, 4.69) is 58.7 Å². The Hall–Kier alpha value is -3.35. The lowest BCUT2D eigenvalue weighted by Gasteiger charge is -2.56. The molecule has 0 spiro atoms. The van der Waals surface area contributed by atoms with Crippen molar-refractivity contribution in [1.29, 1.82) is 0 Å². The van der Waals surface area contributed by atoms with E-state index >= 15 is 0 Å². The lowest BCUT2D eigenvalue weighted by Crippen LogP contribution is -2.68. The van der Waals surface area contributed by atoms with E-state index in [0.29, 0.717) is 13.1 Å². The molecule has 0 aromatic heterocycles. The number of benzene rings is 3. The van der Waals surface area contributed by atoms with Crippen molar-refractivity contribution in [3.63, 3.8) is 0 Å². The number of rotatable bonds is 9. The molecule has 2 bridgehead atoms. The molecule has 6 heteroatoms. The van der Waals surface area contributed by atoms with Crippen LogP contribution in [0.3, 0.4) is 0 Å². The zero-order valence-corrected chi connectivity index (χ0v) is 20.8. The molecular formula is C30H34N2O4. The quantitative estimate of drug-likeness (QED) is 0.467. The summed E-state index contributed by atoms with van der Waals surface area (Å²) in [5.74, 6) is 0.641. The molecular weight excluding hydrogens is 452 g/mol. The molecule has 1 unspecified atom stereocenters. The lowest BCUT2D eigenvalue weighted by molar-refractivity contribution is -0.152. The van der Waals surface area contributed by atoms with Gasteiger partial charge in [-0.15, -0.1) is 0 Å². The molecule has 5 atom stereocenters. The van der Waals surface area contributed by atoms with Crippen molar-refractivity contribution < 1.29 is 19.4 Å². The molecule has 6 nitrogen and oxygen atoms in total. The maximum atomic E-state index is 12.3. The maximum absolute atomic E-state index is 12.3. The van der Waals surface area contributed by atoms with Gasteiger partial charge < -0.3 is 19.9 Å². The zero-order chi connectivity index (χ0) is 25.1. The lowest BCUT2D eigenvalue weighted by atomic mass is 9.66. The number of carboxylic acids is 1. The molecule has 0 aliphatic carbocycles. The van der Waals surface area contributed by atoms with Gasteiger partial charge in [0.25, 0.3) is 0 Å². The number of ether oxygens (including phenoxy) is 2. The van der Waals surface area contributed by atoms with Crippen LogP contribution < -0.4 is 14.8 Å². The number of hydrogen-bond donors (Lipinski definition) is 2. The molecule has 3 fully saturated rings. The van der Waals surface area contributed by atoms with Crippen LogP contribution in [0.5, 0.6) is 11.5 Å². The van der Waals surface area contributed by atoms with E-state index in [1.807, 2.05) is 30.3 Å². The molecule has 0 radical (unpaired) electrons. The second-order valence-electron chi connectivity index (χ2n) is 9.77. The van der Waals surface area contributed by atoms with E-state index in [1.165, 1.54) is 11.1 Å². The third-order valence-corrected chi connectivity index (χ3v) is 7.94. The number of carboxylic acid groups (broad SMARTS) is 1. The average molecular weight is 487 g/mol. The fourth-order valence-corrected chi connectivity index (χ4v) is 6.28. The van der Waals surface area contributed by atoms with Crippen molar-refractivity contribution >= 4 is 5.97 Å². The van der Waals surface area contributed by atoms with Crippen molar-refractivity contribution in [2.45, 2.75) is 31.0 Å². The van der Waals surface area contributed by atoms with Gasteiger partial charge in [0.1, 0.15) is 11.5 Å². The molecule has 36 heavy (non-hydrogen) atoms. The molecule has 3 saturated heterocycles. The topological polar surface area (TPSA) is 71.0 Å². The minimum Gasteiger partial charge on any atom is -0.497 e. The van der Waals surface area contributed by atoms with E-state index in [-0.39, 0.29) is 29.8 Å². The van der Waals surface area contributed by atoms with Crippen LogP contribution in [0.25, 0.3) is 0 Å². The van der Waals surface area contributed by atoms with Crippen LogP contribution in [0.4, 0.5) is 0 Å². The molecule has 2 N–H and O–H groups in total. The molecule has 3 aromatic rings. The Morgan fingerprint density at radius 2 is 1.67 bits per heavy atom. The number of hydrogen-bond acceptors (Lipinski definition) is 5. The van der Waals surface area contributed by atoms with Crippen molar-refractivity contribution in [3.8, 4) is 11.5 Å². The van der Waals surface area contributed by atoms with Crippen molar-refractivity contribution in [2.75, 3.05) is 27.3 Å². The maximum Gasteiger partial charge on any atom is 0.308 e. The average Bonchev–Trinajstić information content (AvgIpc) is 2.93. The Bertz CT molecular complexity index is 1130. The second kappa shape index (κ2) is 10.7. The first-order valence-electron chi connectivity index (χ1n) is 12.6. The van der Waals surface area contributed by atoms with Gasteiger partial charge in [0, 0.05) is 36.7 Å². The van der Waals surface area contributed by atoms with Gasteiger partial charge in [-0.2, -0.15) is 0 Å². The molecule has 0 saturated carbocycles. The van der Waals surface area contributed by atoms with Crippen LogP contribution in [-0.4, -0.2) is 55.4 Å². The van der Waals surface area contributed by atoms with Gasteiger partial charge >= 0.3 is 5.97 Å². The van der Waals surface area contributed by atoms with Crippen molar-refractivity contribution in [1.82, 2.24) is 10.2 Å². The standard InChI is InChI=1S/C30H34N2O4/c1-35-23-13-14-26(36-2)22(17-23)18-31-28-24-15-16-32(19-25(24)30(33)34)29(28)27(20-9-5-3-6-10-20)21-11-7-4-8-12-21/h3-14,17,24-25,27-29,31H,15-16,18-19H2,1-2H3,(H,33,34)/t24-,25-,28-,29-/m0/s1. The van der Waals surface area contributed by atoms with Crippen molar-refractivity contribution in [2.24, 2.45) is 11.8 Å². The highest BCUT2D eigenvalue weighted by Crippen LogP contribution is 2.44. The van der Waals surface area contributed by atoms with Crippen LogP contribution >= 0.6 is 0 Å². The molecule has 0 amide bonds.